The normalized spacial score (nSPS) is 20.5. The Hall–Kier alpha value is -0.830. The molecule has 0 aromatic rings. The highest BCUT2D eigenvalue weighted by Crippen LogP contribution is 2.33. The number of hydrogen-bond donors (Lipinski definition) is 2. The van der Waals surface area contributed by atoms with Gasteiger partial charge in [0.05, 0.1) is 0 Å². The van der Waals surface area contributed by atoms with Gasteiger partial charge in [-0.05, 0) is 12.3 Å². The molecule has 3 heteroatoms. The number of aliphatic carboxylic acids is 1. The van der Waals surface area contributed by atoms with Gasteiger partial charge in [0.2, 0.25) is 0 Å². The molecule has 62 valence electrons. The minimum absolute atomic E-state index is 0.0707. The van der Waals surface area contributed by atoms with Crippen molar-refractivity contribution in [3.63, 3.8) is 0 Å². The van der Waals surface area contributed by atoms with Gasteiger partial charge in [-0.15, -0.1) is 0 Å². The monoisotopic (exact) mass is 155 g/mol. The number of carboxylic acid groups (broad SMARTS) is 1. The molecule has 1 rings (SSSR count). The summed E-state index contributed by atoms with van der Waals surface area (Å²) in [5.41, 5.74) is 5.61. The van der Waals surface area contributed by atoms with Crippen LogP contribution in [0.3, 0.4) is 0 Å². The van der Waals surface area contributed by atoms with Crippen molar-refractivity contribution in [2.24, 2.45) is 11.7 Å². The molecule has 1 fully saturated rings. The van der Waals surface area contributed by atoms with Gasteiger partial charge in [-0.3, -0.25) is 0 Å². The molecule has 3 nitrogen and oxygen atoms in total. The number of nitrogens with two attached hydrogens (primary N) is 1. The van der Waals surface area contributed by atoms with Crippen molar-refractivity contribution in [2.75, 3.05) is 0 Å². The van der Waals surface area contributed by atoms with E-state index in [0.29, 0.717) is 0 Å². The Balaban J connectivity index is 2.17. The van der Waals surface area contributed by atoms with Gasteiger partial charge < -0.3 is 10.8 Å². The molecule has 0 bridgehead atoms. The lowest BCUT2D eigenvalue weighted by atomic mass is 10.1. The summed E-state index contributed by atoms with van der Waals surface area (Å²) in [5.74, 6) is -0.167. The van der Waals surface area contributed by atoms with Crippen LogP contribution in [0.2, 0.25) is 0 Å². The van der Waals surface area contributed by atoms with Crippen molar-refractivity contribution in [3.05, 3.63) is 12.2 Å². The minimum atomic E-state index is -0.920. The molecular formula is C8H13NO2. The molecule has 0 spiro atoms. The third-order valence-electron chi connectivity index (χ3n) is 1.79. The molecular weight excluding hydrogens is 142 g/mol. The van der Waals surface area contributed by atoms with Crippen LogP contribution in [0.4, 0.5) is 0 Å². The summed E-state index contributed by atoms with van der Waals surface area (Å²) in [7, 11) is 0. The molecule has 1 saturated carbocycles. The van der Waals surface area contributed by atoms with Crippen LogP contribution in [0.15, 0.2) is 12.2 Å². The smallest absolute Gasteiger partial charge is 0.328 e. The van der Waals surface area contributed by atoms with Crippen molar-refractivity contribution in [1.29, 1.82) is 0 Å². The second kappa shape index (κ2) is 3.53. The molecule has 0 heterocycles. The zero-order valence-corrected chi connectivity index (χ0v) is 6.36. The summed E-state index contributed by atoms with van der Waals surface area (Å²) in [6, 6.07) is -0.0707. The maximum Gasteiger partial charge on any atom is 0.328 e. The first kappa shape index (κ1) is 8.27. The first-order valence-corrected chi connectivity index (χ1v) is 3.85. The number of hydrogen-bond acceptors (Lipinski definition) is 2. The van der Waals surface area contributed by atoms with Gasteiger partial charge in [-0.1, -0.05) is 18.9 Å². The molecule has 11 heavy (non-hydrogen) atoms. The average Bonchev–Trinajstić information content (AvgIpc) is 2.67. The number of carbonyl (C=O) groups is 1. The molecule has 0 unspecified atom stereocenters. The molecule has 1 atom stereocenters. The molecule has 0 aliphatic heterocycles. The molecule has 0 radical (unpaired) electrons. The van der Waals surface area contributed by atoms with Crippen LogP contribution in [0, 0.1) is 5.92 Å². The van der Waals surface area contributed by atoms with E-state index in [2.05, 4.69) is 0 Å². The van der Waals surface area contributed by atoms with E-state index in [9.17, 15) is 4.79 Å². The van der Waals surface area contributed by atoms with Gasteiger partial charge in [0.1, 0.15) is 0 Å². The van der Waals surface area contributed by atoms with Crippen molar-refractivity contribution in [2.45, 2.75) is 25.3 Å². The summed E-state index contributed by atoms with van der Waals surface area (Å²) < 4.78 is 0. The lowest BCUT2D eigenvalue weighted by Crippen LogP contribution is -2.17. The van der Waals surface area contributed by atoms with Crippen LogP contribution in [-0.2, 0) is 4.79 Å². The average molecular weight is 155 g/mol. The predicted molar refractivity (Wildman–Crippen MR) is 42.1 cm³/mol. The topological polar surface area (TPSA) is 63.3 Å². The molecule has 3 N–H and O–H groups in total. The van der Waals surface area contributed by atoms with E-state index in [1.165, 1.54) is 12.8 Å². The van der Waals surface area contributed by atoms with Crippen LogP contribution in [-0.4, -0.2) is 17.1 Å². The van der Waals surface area contributed by atoms with Crippen molar-refractivity contribution < 1.29 is 9.90 Å². The Kier molecular flexibility index (Phi) is 2.65. The second-order valence-electron chi connectivity index (χ2n) is 3.04. The predicted octanol–water partition coefficient (Wildman–Crippen LogP) is 0.755. The van der Waals surface area contributed by atoms with Gasteiger partial charge >= 0.3 is 5.97 Å². The maximum absolute atomic E-state index is 10.1. The summed E-state index contributed by atoms with van der Waals surface area (Å²) in [6.45, 7) is 0. The van der Waals surface area contributed by atoms with Crippen molar-refractivity contribution in [1.82, 2.24) is 0 Å². The van der Waals surface area contributed by atoms with Gasteiger partial charge in [0, 0.05) is 12.1 Å². The molecule has 0 aromatic heterocycles. The Bertz CT molecular complexity index is 173. The third-order valence-corrected chi connectivity index (χ3v) is 1.79. The van der Waals surface area contributed by atoms with Crippen LogP contribution in [0.25, 0.3) is 0 Å². The van der Waals surface area contributed by atoms with Crippen LogP contribution in [0.1, 0.15) is 19.3 Å². The summed E-state index contributed by atoms with van der Waals surface area (Å²) in [6.07, 6.45) is 6.13. The fourth-order valence-corrected chi connectivity index (χ4v) is 1.02. The van der Waals surface area contributed by atoms with E-state index in [-0.39, 0.29) is 6.04 Å². The van der Waals surface area contributed by atoms with Gasteiger partial charge in [-0.25, -0.2) is 4.79 Å². The van der Waals surface area contributed by atoms with Crippen LogP contribution in [0.5, 0.6) is 0 Å². The largest absolute Gasteiger partial charge is 0.478 e. The standard InChI is InChI=1S/C8H13NO2/c9-7(3-4-8(10)11)5-6-1-2-6/h3-4,6-7H,1-2,5,9H2,(H,10,11)/b4-3+/t7-/m1/s1. The van der Waals surface area contributed by atoms with Gasteiger partial charge in [-0.2, -0.15) is 0 Å². The minimum Gasteiger partial charge on any atom is -0.478 e. The Morgan fingerprint density at radius 3 is 2.82 bits per heavy atom. The second-order valence-corrected chi connectivity index (χ2v) is 3.04. The fourth-order valence-electron chi connectivity index (χ4n) is 1.02. The molecule has 0 aromatic carbocycles. The molecule has 0 amide bonds. The van der Waals surface area contributed by atoms with E-state index in [4.69, 9.17) is 10.8 Å². The lowest BCUT2D eigenvalue weighted by molar-refractivity contribution is -0.131. The quantitative estimate of drug-likeness (QED) is 0.589. The Morgan fingerprint density at radius 1 is 1.73 bits per heavy atom. The summed E-state index contributed by atoms with van der Waals surface area (Å²) in [5, 5.41) is 8.27. The third kappa shape index (κ3) is 3.78. The Labute approximate surface area is 65.9 Å². The first-order valence-electron chi connectivity index (χ1n) is 3.85. The summed E-state index contributed by atoms with van der Waals surface area (Å²) in [4.78, 5) is 10.1. The van der Waals surface area contributed by atoms with Crippen LogP contribution < -0.4 is 5.73 Å². The lowest BCUT2D eigenvalue weighted by Gasteiger charge is -2.02. The van der Waals surface area contributed by atoms with E-state index < -0.39 is 5.97 Å². The maximum atomic E-state index is 10.1. The Morgan fingerprint density at radius 2 is 2.36 bits per heavy atom. The van der Waals surface area contributed by atoms with E-state index in [0.717, 1.165) is 18.4 Å². The van der Waals surface area contributed by atoms with Gasteiger partial charge in [0.15, 0.2) is 0 Å². The molecule has 1 aliphatic rings. The van der Waals surface area contributed by atoms with Crippen molar-refractivity contribution >= 4 is 5.97 Å². The SMILES string of the molecule is N[C@H](/C=C/C(=O)O)CC1CC1. The number of rotatable bonds is 4. The molecule has 0 saturated heterocycles. The zero-order valence-electron chi connectivity index (χ0n) is 6.36. The van der Waals surface area contributed by atoms with Crippen LogP contribution >= 0.6 is 0 Å². The fraction of sp³-hybridized carbons (Fsp3) is 0.625. The highest BCUT2D eigenvalue weighted by Gasteiger charge is 2.22. The summed E-state index contributed by atoms with van der Waals surface area (Å²) >= 11 is 0. The van der Waals surface area contributed by atoms with E-state index in [1.54, 1.807) is 6.08 Å². The highest BCUT2D eigenvalue weighted by molar-refractivity contribution is 5.79. The molecule has 1 aliphatic carbocycles. The first-order chi connectivity index (χ1) is 5.18. The zero-order chi connectivity index (χ0) is 8.27. The number of carboxylic acids is 1. The van der Waals surface area contributed by atoms with Crippen molar-refractivity contribution in [3.8, 4) is 0 Å². The van der Waals surface area contributed by atoms with E-state index >= 15 is 0 Å². The highest BCUT2D eigenvalue weighted by atomic mass is 16.4. The van der Waals surface area contributed by atoms with E-state index in [1.807, 2.05) is 0 Å². The van der Waals surface area contributed by atoms with Gasteiger partial charge in [0.25, 0.3) is 0 Å².